The van der Waals surface area contributed by atoms with Crippen LogP contribution in [0.1, 0.15) is 49.1 Å². The minimum atomic E-state index is -3.30. The first-order valence-electron chi connectivity index (χ1n) is 13.3. The van der Waals surface area contributed by atoms with E-state index in [1.165, 1.54) is 16.6 Å². The number of piperazine rings is 1. The fourth-order valence-corrected chi connectivity index (χ4v) is 6.93. The Morgan fingerprint density at radius 1 is 1.21 bits per heavy atom. The molecular weight excluding hydrogens is 529 g/mol. The van der Waals surface area contributed by atoms with E-state index in [0.717, 1.165) is 18.4 Å². The van der Waals surface area contributed by atoms with Gasteiger partial charge in [0.25, 0.3) is 0 Å². The van der Waals surface area contributed by atoms with E-state index in [0.29, 0.717) is 74.3 Å². The molecule has 10 heteroatoms. The zero-order valence-corrected chi connectivity index (χ0v) is 23.4. The number of hydrogen-bond acceptors (Lipinski definition) is 5. The summed E-state index contributed by atoms with van der Waals surface area (Å²) in [6.45, 7) is 2.99. The average molecular weight is 566 g/mol. The summed E-state index contributed by atoms with van der Waals surface area (Å²) in [6, 6.07) is 12.2. The van der Waals surface area contributed by atoms with Gasteiger partial charge in [0.05, 0.1) is 6.26 Å². The molecule has 2 aliphatic heterocycles. The summed E-state index contributed by atoms with van der Waals surface area (Å²) in [6.07, 6.45) is 4.87. The molecule has 0 aliphatic carbocycles. The van der Waals surface area contributed by atoms with E-state index in [9.17, 15) is 17.6 Å². The molecule has 0 aromatic heterocycles. The molecule has 0 spiro atoms. The number of benzene rings is 2. The van der Waals surface area contributed by atoms with Gasteiger partial charge in [-0.3, -0.25) is 4.79 Å². The third-order valence-corrected chi connectivity index (χ3v) is 9.20. The van der Waals surface area contributed by atoms with Crippen molar-refractivity contribution in [1.82, 2.24) is 9.62 Å². The van der Waals surface area contributed by atoms with Gasteiger partial charge >= 0.3 is 0 Å². The molecule has 208 valence electrons. The summed E-state index contributed by atoms with van der Waals surface area (Å²) in [5.41, 5.74) is 1.98. The second-order valence-electron chi connectivity index (χ2n) is 10.2. The molecule has 2 fully saturated rings. The van der Waals surface area contributed by atoms with Crippen molar-refractivity contribution in [3.05, 3.63) is 64.4 Å². The second kappa shape index (κ2) is 13.3. The van der Waals surface area contributed by atoms with Gasteiger partial charge in [0.2, 0.25) is 15.9 Å². The van der Waals surface area contributed by atoms with Crippen molar-refractivity contribution in [2.75, 3.05) is 44.4 Å². The fraction of sp³-hybridized carbons (Fsp3) is 0.536. The Kier molecular flexibility index (Phi) is 10.2. The standard InChI is InChI=1S/C28H37ClFN3O4S/c1-38(35,36)33-15-14-31-19-23(33)4-2-5-24-26(30)6-3-7-27(24)32-28(34)18-25(21-12-16-37-17-13-21)20-8-10-22(29)11-9-20/h3,6-11,21,23,25,31H,2,4-5,12-19H2,1H3,(H,32,34). The van der Waals surface area contributed by atoms with Crippen molar-refractivity contribution in [1.29, 1.82) is 0 Å². The molecule has 7 nitrogen and oxygen atoms in total. The first-order valence-corrected chi connectivity index (χ1v) is 15.5. The normalized spacial score (nSPS) is 20.2. The molecule has 2 atom stereocenters. The van der Waals surface area contributed by atoms with Gasteiger partial charge < -0.3 is 15.4 Å². The lowest BCUT2D eigenvalue weighted by Gasteiger charge is -2.34. The van der Waals surface area contributed by atoms with Crippen LogP contribution >= 0.6 is 11.6 Å². The third kappa shape index (κ3) is 7.76. The van der Waals surface area contributed by atoms with Gasteiger partial charge in [0, 0.05) is 61.6 Å². The molecular formula is C28H37ClFN3O4S. The maximum atomic E-state index is 14.9. The van der Waals surface area contributed by atoms with Crippen LogP contribution in [0.5, 0.6) is 0 Å². The molecule has 2 heterocycles. The van der Waals surface area contributed by atoms with Crippen LogP contribution < -0.4 is 10.6 Å². The summed E-state index contributed by atoms with van der Waals surface area (Å²) >= 11 is 6.10. The first kappa shape index (κ1) is 29.0. The lowest BCUT2D eigenvalue weighted by molar-refractivity contribution is -0.117. The number of amides is 1. The summed E-state index contributed by atoms with van der Waals surface area (Å²) < 4.78 is 46.3. The number of carbonyl (C=O) groups excluding carboxylic acids is 1. The Morgan fingerprint density at radius 3 is 2.66 bits per heavy atom. The number of carbonyl (C=O) groups is 1. The van der Waals surface area contributed by atoms with E-state index >= 15 is 0 Å². The summed E-state index contributed by atoms with van der Waals surface area (Å²) in [4.78, 5) is 13.3. The SMILES string of the molecule is CS(=O)(=O)N1CCNCC1CCCc1c(F)cccc1NC(=O)CC(c1ccc(Cl)cc1)C1CCOCC1. The average Bonchev–Trinajstić information content (AvgIpc) is 2.90. The predicted molar refractivity (Wildman–Crippen MR) is 149 cm³/mol. The van der Waals surface area contributed by atoms with E-state index in [4.69, 9.17) is 16.3 Å². The number of hydrogen-bond donors (Lipinski definition) is 2. The number of nitrogens with zero attached hydrogens (tertiary/aromatic N) is 1. The number of sulfonamides is 1. The van der Waals surface area contributed by atoms with Gasteiger partial charge in [-0.2, -0.15) is 4.31 Å². The van der Waals surface area contributed by atoms with Gasteiger partial charge in [-0.15, -0.1) is 0 Å². The largest absolute Gasteiger partial charge is 0.381 e. The topological polar surface area (TPSA) is 87.7 Å². The minimum Gasteiger partial charge on any atom is -0.381 e. The highest BCUT2D eigenvalue weighted by molar-refractivity contribution is 7.88. The van der Waals surface area contributed by atoms with Crippen LogP contribution in [-0.4, -0.2) is 63.8 Å². The Balaban J connectivity index is 1.43. The van der Waals surface area contributed by atoms with E-state index < -0.39 is 10.0 Å². The van der Waals surface area contributed by atoms with E-state index in [1.54, 1.807) is 12.1 Å². The summed E-state index contributed by atoms with van der Waals surface area (Å²) in [7, 11) is -3.30. The smallest absolute Gasteiger partial charge is 0.225 e. The van der Waals surface area contributed by atoms with Gasteiger partial charge in [0.1, 0.15) is 5.82 Å². The molecule has 0 saturated carbocycles. The van der Waals surface area contributed by atoms with Crippen molar-refractivity contribution >= 4 is 33.2 Å². The van der Waals surface area contributed by atoms with Gasteiger partial charge in [-0.1, -0.05) is 29.8 Å². The Morgan fingerprint density at radius 2 is 1.95 bits per heavy atom. The van der Waals surface area contributed by atoms with Crippen LogP contribution in [-0.2, 0) is 26.0 Å². The zero-order valence-electron chi connectivity index (χ0n) is 21.8. The second-order valence-corrected chi connectivity index (χ2v) is 12.6. The van der Waals surface area contributed by atoms with E-state index in [1.807, 2.05) is 24.3 Å². The van der Waals surface area contributed by atoms with Crippen LogP contribution in [0.4, 0.5) is 10.1 Å². The van der Waals surface area contributed by atoms with Gasteiger partial charge in [0.15, 0.2) is 0 Å². The molecule has 38 heavy (non-hydrogen) atoms. The van der Waals surface area contributed by atoms with Crippen LogP contribution in [0.15, 0.2) is 42.5 Å². The summed E-state index contributed by atoms with van der Waals surface area (Å²) in [5, 5.41) is 6.86. The summed E-state index contributed by atoms with van der Waals surface area (Å²) in [5.74, 6) is -0.218. The van der Waals surface area contributed by atoms with E-state index in [2.05, 4.69) is 10.6 Å². The predicted octanol–water partition coefficient (Wildman–Crippen LogP) is 4.57. The molecule has 2 unspecified atom stereocenters. The lowest BCUT2D eigenvalue weighted by Crippen LogP contribution is -2.53. The fourth-order valence-electron chi connectivity index (χ4n) is 5.66. The number of halogens is 2. The van der Waals surface area contributed by atoms with Crippen molar-refractivity contribution in [2.45, 2.75) is 50.5 Å². The van der Waals surface area contributed by atoms with Gasteiger partial charge in [-0.25, -0.2) is 12.8 Å². The highest BCUT2D eigenvalue weighted by Crippen LogP contribution is 2.36. The maximum Gasteiger partial charge on any atom is 0.225 e. The monoisotopic (exact) mass is 565 g/mol. The molecule has 4 rings (SSSR count). The number of anilines is 1. The molecule has 2 aliphatic rings. The lowest BCUT2D eigenvalue weighted by atomic mass is 9.79. The molecule has 2 N–H and O–H groups in total. The highest BCUT2D eigenvalue weighted by Gasteiger charge is 2.30. The Bertz CT molecular complexity index is 1190. The number of ether oxygens (including phenoxy) is 1. The zero-order chi connectivity index (χ0) is 27.1. The van der Waals surface area contributed by atoms with Crippen LogP contribution in [0, 0.1) is 11.7 Å². The first-order chi connectivity index (χ1) is 18.2. The Hall–Kier alpha value is -2.04. The molecule has 2 aromatic carbocycles. The van der Waals surface area contributed by atoms with Crippen molar-refractivity contribution in [2.24, 2.45) is 5.92 Å². The van der Waals surface area contributed by atoms with Crippen molar-refractivity contribution in [3.63, 3.8) is 0 Å². The van der Waals surface area contributed by atoms with Crippen molar-refractivity contribution in [3.8, 4) is 0 Å². The minimum absolute atomic E-state index is 0.00829. The van der Waals surface area contributed by atoms with Crippen LogP contribution in [0.3, 0.4) is 0 Å². The molecule has 1 amide bonds. The quantitative estimate of drug-likeness (QED) is 0.440. The van der Waals surface area contributed by atoms with Gasteiger partial charge in [-0.05, 0) is 73.8 Å². The Labute approximate surface area is 230 Å². The van der Waals surface area contributed by atoms with E-state index in [-0.39, 0.29) is 30.1 Å². The maximum absolute atomic E-state index is 14.9. The third-order valence-electron chi connectivity index (χ3n) is 7.62. The molecule has 0 bridgehead atoms. The molecule has 0 radical (unpaired) electrons. The van der Waals surface area contributed by atoms with Crippen LogP contribution in [0.2, 0.25) is 5.02 Å². The van der Waals surface area contributed by atoms with Crippen molar-refractivity contribution < 1.29 is 22.3 Å². The molecule has 2 saturated heterocycles. The number of nitrogens with one attached hydrogen (secondary N) is 2. The molecule has 2 aromatic rings. The van der Waals surface area contributed by atoms with Crippen LogP contribution in [0.25, 0.3) is 0 Å². The number of rotatable bonds is 10. The highest BCUT2D eigenvalue weighted by atomic mass is 35.5.